The molecule has 0 saturated heterocycles. The maximum absolute atomic E-state index is 2.49. The van der Waals surface area contributed by atoms with Crippen molar-refractivity contribution in [3.63, 3.8) is 0 Å². The van der Waals surface area contributed by atoms with Gasteiger partial charge in [0.05, 0.1) is 10.4 Å². The average Bonchev–Trinajstić information content (AvgIpc) is 1.65. The van der Waals surface area contributed by atoms with Gasteiger partial charge in [0.25, 0.3) is 0 Å². The lowest BCUT2D eigenvalue weighted by molar-refractivity contribution is 0.433. The van der Waals surface area contributed by atoms with Crippen LogP contribution >= 0.6 is 0 Å². The van der Waals surface area contributed by atoms with Gasteiger partial charge in [-0.05, 0) is 12.2 Å². The van der Waals surface area contributed by atoms with Gasteiger partial charge < -0.3 is 4.57 Å². The molecule has 0 saturated carbocycles. The van der Waals surface area contributed by atoms with Gasteiger partial charge in [-0.1, -0.05) is 13.8 Å². The van der Waals surface area contributed by atoms with E-state index in [-0.39, 0.29) is 0 Å². The van der Waals surface area contributed by atoms with Crippen molar-refractivity contribution in [2.24, 2.45) is 0 Å². The fourth-order valence-corrected chi connectivity index (χ4v) is 1.10. The van der Waals surface area contributed by atoms with Crippen molar-refractivity contribution >= 4 is 20.6 Å². The van der Waals surface area contributed by atoms with E-state index in [0.29, 0.717) is 0 Å². The van der Waals surface area contributed by atoms with Crippen molar-refractivity contribution in [1.29, 1.82) is 0 Å². The van der Waals surface area contributed by atoms with Crippen molar-refractivity contribution in [1.82, 2.24) is 4.57 Å². The van der Waals surface area contributed by atoms with Crippen molar-refractivity contribution in [3.05, 3.63) is 0 Å². The third kappa shape index (κ3) is 3.02. The molecule has 0 aliphatic carbocycles. The molecule has 0 atom stereocenters. The first kappa shape index (κ1) is 7.39. The molecule has 0 spiro atoms. The van der Waals surface area contributed by atoms with Gasteiger partial charge in [0.1, 0.15) is 0 Å². The molecule has 0 rings (SSSR count). The molecule has 0 aliphatic heterocycles. The Bertz CT molecular complexity index is 47.0. The second-order valence-electron chi connectivity index (χ2n) is 2.17. The summed E-state index contributed by atoms with van der Waals surface area (Å²) in [7, 11) is 2.57. The third-order valence-corrected chi connectivity index (χ3v) is 5.31. The van der Waals surface area contributed by atoms with Crippen LogP contribution in [0.1, 0.15) is 13.8 Å². The molecule has 0 bridgehead atoms. The molecule has 0 N–H and O–H groups in total. The topological polar surface area (TPSA) is 3.24 Å². The second kappa shape index (κ2) is 3.40. The summed E-state index contributed by atoms with van der Waals surface area (Å²) in [6.07, 6.45) is 1.35. The van der Waals surface area contributed by atoms with Crippen LogP contribution in [-0.4, -0.2) is 37.4 Å². The molecule has 0 heterocycles. The summed E-state index contributed by atoms with van der Waals surface area (Å²) in [5, 5.41) is 0. The minimum absolute atomic E-state index is 0.796. The largest absolute Gasteiger partial charge is 0.333 e. The molecule has 0 aromatic carbocycles. The Morgan fingerprint density at radius 1 is 1.57 bits per heavy atom. The summed E-state index contributed by atoms with van der Waals surface area (Å²) in [4.78, 5) is 0. The number of rotatable bonds is 2. The molecule has 0 fully saturated rings. The van der Waals surface area contributed by atoms with Gasteiger partial charge in [-0.15, -0.1) is 0 Å². The third-order valence-electron chi connectivity index (χ3n) is 1.38. The van der Waals surface area contributed by atoms with E-state index >= 15 is 0 Å². The minimum Gasteiger partial charge on any atom is -0.333 e. The maximum atomic E-state index is 2.49. The summed E-state index contributed by atoms with van der Waals surface area (Å²) in [6, 6.07) is 0.796. The van der Waals surface area contributed by atoms with Gasteiger partial charge in [0, 0.05) is 10.2 Å². The van der Waals surface area contributed by atoms with Crippen LogP contribution in [0.3, 0.4) is 0 Å². The Balaban J connectivity index is 3.14. The zero-order valence-corrected chi connectivity index (χ0v) is 9.73. The Labute approximate surface area is 52.0 Å². The lowest BCUT2D eigenvalue weighted by Crippen LogP contribution is -2.28. The van der Waals surface area contributed by atoms with Crippen LogP contribution in [0, 0.1) is 0 Å². The Morgan fingerprint density at radius 3 is 2.00 bits per heavy atom. The summed E-state index contributed by atoms with van der Waals surface area (Å²) in [6.45, 7) is 4.51. The van der Waals surface area contributed by atoms with Crippen molar-refractivity contribution < 1.29 is 0 Å². The van der Waals surface area contributed by atoms with E-state index in [4.69, 9.17) is 0 Å². The molecule has 44 valence electrons. The highest BCUT2D eigenvalue weighted by molar-refractivity contribution is 6.14. The summed E-state index contributed by atoms with van der Waals surface area (Å²) in [5.74, 6) is 0. The second-order valence-corrected chi connectivity index (χ2v) is 3.95. The fraction of sp³-hybridized carbons (Fsp3) is 1.00. The Hall–Kier alpha value is 0.394. The monoisotopic (exact) mass is 133 g/mol. The average molecular weight is 133 g/mol. The van der Waals surface area contributed by atoms with Gasteiger partial charge in [-0.2, -0.15) is 0 Å². The number of nitrogens with zero attached hydrogens (tertiary/aromatic N) is 1. The molecule has 0 aromatic heterocycles. The van der Waals surface area contributed by atoms with E-state index in [1.165, 1.54) is 26.8 Å². The quantitative estimate of drug-likeness (QED) is 0.406. The molecular formula is C4H15NSi2. The molecule has 1 nitrogen and oxygen atoms in total. The SMILES string of the molecule is CC(C)N([SiH3])C[SiH3]. The van der Waals surface area contributed by atoms with E-state index in [1.54, 1.807) is 0 Å². The molecule has 0 aromatic rings. The Kier molecular flexibility index (Phi) is 3.59. The predicted molar refractivity (Wildman–Crippen MR) is 41.7 cm³/mol. The zero-order valence-electron chi connectivity index (χ0n) is 5.73. The van der Waals surface area contributed by atoms with Crippen LogP contribution in [0.2, 0.25) is 0 Å². The predicted octanol–water partition coefficient (Wildman–Crippen LogP) is -1.70. The summed E-state index contributed by atoms with van der Waals surface area (Å²) >= 11 is 0. The standard InChI is InChI=1S/C4H15NSi2/c1-4(2)5(7)3-6/h4H,3H2,1-2,6-7H3. The van der Waals surface area contributed by atoms with E-state index in [9.17, 15) is 0 Å². The molecule has 0 aliphatic rings. The maximum Gasteiger partial charge on any atom is 0.0783 e. The summed E-state index contributed by atoms with van der Waals surface area (Å²) in [5.41, 5.74) is 0. The normalized spacial score (nSPS) is 12.0. The van der Waals surface area contributed by atoms with E-state index < -0.39 is 0 Å². The summed E-state index contributed by atoms with van der Waals surface area (Å²) < 4.78 is 2.49. The molecule has 0 amide bonds. The van der Waals surface area contributed by atoms with Gasteiger partial charge >= 0.3 is 0 Å². The van der Waals surface area contributed by atoms with Crippen LogP contribution in [0.15, 0.2) is 0 Å². The van der Waals surface area contributed by atoms with E-state index in [0.717, 1.165) is 6.04 Å². The molecule has 0 unspecified atom stereocenters. The lowest BCUT2D eigenvalue weighted by Gasteiger charge is -2.18. The first-order chi connectivity index (χ1) is 3.18. The molecule has 0 radical (unpaired) electrons. The van der Waals surface area contributed by atoms with Crippen molar-refractivity contribution in [2.45, 2.75) is 19.9 Å². The molecular weight excluding hydrogens is 118 g/mol. The van der Waals surface area contributed by atoms with Crippen LogP contribution in [-0.2, 0) is 0 Å². The van der Waals surface area contributed by atoms with Crippen LogP contribution in [0.25, 0.3) is 0 Å². The van der Waals surface area contributed by atoms with Gasteiger partial charge in [-0.25, -0.2) is 0 Å². The van der Waals surface area contributed by atoms with Gasteiger partial charge in [0.2, 0.25) is 0 Å². The highest BCUT2D eigenvalue weighted by Crippen LogP contribution is 1.86. The molecule has 3 heteroatoms. The van der Waals surface area contributed by atoms with Crippen molar-refractivity contribution in [2.75, 3.05) is 6.17 Å². The fourth-order valence-electron chi connectivity index (χ4n) is 0.365. The minimum atomic E-state index is 0.796. The smallest absolute Gasteiger partial charge is 0.0783 e. The van der Waals surface area contributed by atoms with Crippen LogP contribution in [0.5, 0.6) is 0 Å². The first-order valence-electron chi connectivity index (χ1n) is 2.88. The zero-order chi connectivity index (χ0) is 5.86. The van der Waals surface area contributed by atoms with Gasteiger partial charge in [0.15, 0.2) is 0 Å². The first-order valence-corrected chi connectivity index (χ1v) is 5.19. The highest BCUT2D eigenvalue weighted by Gasteiger charge is 1.95. The van der Waals surface area contributed by atoms with E-state index in [2.05, 4.69) is 18.4 Å². The van der Waals surface area contributed by atoms with Crippen LogP contribution in [0.4, 0.5) is 0 Å². The highest BCUT2D eigenvalue weighted by atomic mass is 28.2. The number of hydrogen-bond acceptors (Lipinski definition) is 1. The Morgan fingerprint density at radius 2 is 2.00 bits per heavy atom. The number of hydrogen-bond donors (Lipinski definition) is 0. The van der Waals surface area contributed by atoms with Crippen molar-refractivity contribution in [3.8, 4) is 0 Å². The van der Waals surface area contributed by atoms with Gasteiger partial charge in [-0.3, -0.25) is 0 Å². The molecule has 7 heavy (non-hydrogen) atoms. The van der Waals surface area contributed by atoms with E-state index in [1.807, 2.05) is 0 Å². The van der Waals surface area contributed by atoms with Crippen LogP contribution < -0.4 is 0 Å². The lowest BCUT2D eigenvalue weighted by atomic mass is 10.4.